The Morgan fingerprint density at radius 1 is 1.35 bits per heavy atom. The molecule has 23 heavy (non-hydrogen) atoms. The third-order valence-electron chi connectivity index (χ3n) is 4.75. The summed E-state index contributed by atoms with van der Waals surface area (Å²) < 4.78 is 0. The Labute approximate surface area is 147 Å². The summed E-state index contributed by atoms with van der Waals surface area (Å²) >= 11 is 0. The zero-order valence-corrected chi connectivity index (χ0v) is 15.6. The van der Waals surface area contributed by atoms with Crippen molar-refractivity contribution in [2.24, 2.45) is 5.92 Å². The van der Waals surface area contributed by atoms with Crippen LogP contribution in [0.3, 0.4) is 0 Å². The van der Waals surface area contributed by atoms with Gasteiger partial charge < -0.3 is 10.6 Å². The van der Waals surface area contributed by atoms with Crippen LogP contribution in [-0.2, 0) is 10.2 Å². The van der Waals surface area contributed by atoms with E-state index in [0.29, 0.717) is 6.04 Å². The molecule has 2 N–H and O–H groups in total. The molecule has 0 bridgehead atoms. The molecule has 0 aliphatic carbocycles. The highest BCUT2D eigenvalue weighted by Gasteiger charge is 2.28. The van der Waals surface area contributed by atoms with Crippen LogP contribution in [0.2, 0.25) is 0 Å². The summed E-state index contributed by atoms with van der Waals surface area (Å²) in [6.07, 6.45) is 2.84. The molecular formula is C19H31ClN2O. The largest absolute Gasteiger partial charge is 0.353 e. The Bertz CT molecular complexity index is 489. The van der Waals surface area contributed by atoms with Gasteiger partial charge >= 0.3 is 0 Å². The molecule has 1 aromatic rings. The van der Waals surface area contributed by atoms with Crippen molar-refractivity contribution in [3.8, 4) is 0 Å². The Kier molecular flexibility index (Phi) is 7.56. The number of piperidine rings is 1. The lowest BCUT2D eigenvalue weighted by molar-refractivity contribution is -0.126. The van der Waals surface area contributed by atoms with E-state index < -0.39 is 0 Å². The first kappa shape index (κ1) is 20.0. The zero-order chi connectivity index (χ0) is 16.2. The zero-order valence-electron chi connectivity index (χ0n) is 14.8. The number of benzene rings is 1. The van der Waals surface area contributed by atoms with E-state index in [1.165, 1.54) is 5.56 Å². The maximum Gasteiger partial charge on any atom is 0.223 e. The van der Waals surface area contributed by atoms with Gasteiger partial charge in [-0.3, -0.25) is 4.79 Å². The van der Waals surface area contributed by atoms with E-state index in [9.17, 15) is 4.79 Å². The van der Waals surface area contributed by atoms with Crippen molar-refractivity contribution >= 4 is 18.3 Å². The van der Waals surface area contributed by atoms with E-state index in [1.807, 2.05) is 6.07 Å². The van der Waals surface area contributed by atoms with Crippen LogP contribution in [0.4, 0.5) is 0 Å². The van der Waals surface area contributed by atoms with Gasteiger partial charge in [-0.15, -0.1) is 12.4 Å². The second kappa shape index (κ2) is 8.70. The molecule has 1 fully saturated rings. The highest BCUT2D eigenvalue weighted by molar-refractivity contribution is 5.85. The molecule has 1 saturated heterocycles. The van der Waals surface area contributed by atoms with E-state index in [4.69, 9.17) is 0 Å². The monoisotopic (exact) mass is 338 g/mol. The Balaban J connectivity index is 0.00000264. The highest BCUT2D eigenvalue weighted by atomic mass is 35.5. The molecule has 0 aromatic heterocycles. The molecule has 4 heteroatoms. The number of nitrogens with one attached hydrogen (secondary N) is 2. The van der Waals surface area contributed by atoms with Gasteiger partial charge in [0, 0.05) is 18.0 Å². The van der Waals surface area contributed by atoms with E-state index in [1.54, 1.807) is 0 Å². The fourth-order valence-corrected chi connectivity index (χ4v) is 3.55. The molecule has 0 spiro atoms. The Morgan fingerprint density at radius 2 is 2.00 bits per heavy atom. The predicted octanol–water partition coefficient (Wildman–Crippen LogP) is 3.67. The second-order valence-electron chi connectivity index (χ2n) is 7.44. The number of carbonyl (C=O) groups is 1. The molecule has 1 aromatic carbocycles. The Hall–Kier alpha value is -1.06. The van der Waals surface area contributed by atoms with Crippen LogP contribution in [0, 0.1) is 5.92 Å². The number of amides is 1. The minimum atomic E-state index is 0. The third-order valence-corrected chi connectivity index (χ3v) is 4.75. The van der Waals surface area contributed by atoms with Crippen LogP contribution in [-0.4, -0.2) is 24.5 Å². The van der Waals surface area contributed by atoms with Gasteiger partial charge in [-0.2, -0.15) is 0 Å². The molecular weight excluding hydrogens is 308 g/mol. The molecule has 1 unspecified atom stereocenters. The first-order valence-electron chi connectivity index (χ1n) is 8.48. The molecule has 130 valence electrons. The molecule has 0 saturated carbocycles. The SMILES string of the molecule is CC(CC(C)(C)c1ccccc1)NC(=O)[C@H]1CCN[C@@H](C)C1.Cl. The summed E-state index contributed by atoms with van der Waals surface area (Å²) in [5.41, 5.74) is 1.39. The van der Waals surface area contributed by atoms with Gasteiger partial charge in [0.05, 0.1) is 0 Å². The molecule has 1 heterocycles. The lowest BCUT2D eigenvalue weighted by atomic mass is 9.79. The van der Waals surface area contributed by atoms with Crippen molar-refractivity contribution < 1.29 is 4.79 Å². The summed E-state index contributed by atoms with van der Waals surface area (Å²) in [5.74, 6) is 0.392. The lowest BCUT2D eigenvalue weighted by Crippen LogP contribution is -2.45. The first-order chi connectivity index (χ1) is 10.4. The number of carbonyl (C=O) groups excluding carboxylic acids is 1. The minimum absolute atomic E-state index is 0. The van der Waals surface area contributed by atoms with Crippen molar-refractivity contribution in [3.63, 3.8) is 0 Å². The van der Waals surface area contributed by atoms with E-state index >= 15 is 0 Å². The molecule has 2 rings (SSSR count). The van der Waals surface area contributed by atoms with Gasteiger partial charge in [0.25, 0.3) is 0 Å². The van der Waals surface area contributed by atoms with Crippen LogP contribution >= 0.6 is 12.4 Å². The van der Waals surface area contributed by atoms with Crippen molar-refractivity contribution in [2.75, 3.05) is 6.54 Å². The van der Waals surface area contributed by atoms with Crippen LogP contribution in [0.1, 0.15) is 52.5 Å². The quantitative estimate of drug-likeness (QED) is 0.860. The topological polar surface area (TPSA) is 41.1 Å². The van der Waals surface area contributed by atoms with Gasteiger partial charge in [0.1, 0.15) is 0 Å². The van der Waals surface area contributed by atoms with Crippen LogP contribution in [0.25, 0.3) is 0 Å². The number of rotatable bonds is 5. The highest BCUT2D eigenvalue weighted by Crippen LogP contribution is 2.28. The predicted molar refractivity (Wildman–Crippen MR) is 99.1 cm³/mol. The number of hydrogen-bond donors (Lipinski definition) is 2. The Morgan fingerprint density at radius 3 is 2.61 bits per heavy atom. The average molecular weight is 339 g/mol. The van der Waals surface area contributed by atoms with Crippen LogP contribution in [0.15, 0.2) is 30.3 Å². The average Bonchev–Trinajstić information content (AvgIpc) is 2.47. The number of halogens is 1. The first-order valence-corrected chi connectivity index (χ1v) is 8.48. The smallest absolute Gasteiger partial charge is 0.223 e. The standard InChI is InChI=1S/C19H30N2O.ClH/c1-14-12-16(10-11-20-14)18(22)21-15(2)13-19(3,4)17-8-6-5-7-9-17;/h5-9,14-16,20H,10-13H2,1-4H3,(H,21,22);1H/t14-,15?,16-;/m0./s1. The van der Waals surface area contributed by atoms with Gasteiger partial charge in [0.15, 0.2) is 0 Å². The van der Waals surface area contributed by atoms with E-state index in [2.05, 4.69) is 62.6 Å². The summed E-state index contributed by atoms with van der Waals surface area (Å²) in [5, 5.41) is 6.63. The maximum absolute atomic E-state index is 12.4. The molecule has 3 nitrogen and oxygen atoms in total. The molecule has 1 amide bonds. The summed E-state index contributed by atoms with van der Waals surface area (Å²) in [7, 11) is 0. The van der Waals surface area contributed by atoms with Crippen molar-refractivity contribution in [2.45, 2.75) is 64.5 Å². The summed E-state index contributed by atoms with van der Waals surface area (Å²) in [6, 6.07) is 11.2. The molecule has 1 aliphatic heterocycles. The number of hydrogen-bond acceptors (Lipinski definition) is 2. The fourth-order valence-electron chi connectivity index (χ4n) is 3.55. The van der Waals surface area contributed by atoms with Crippen molar-refractivity contribution in [1.29, 1.82) is 0 Å². The summed E-state index contributed by atoms with van der Waals surface area (Å²) in [4.78, 5) is 12.4. The lowest BCUT2D eigenvalue weighted by Gasteiger charge is -2.31. The van der Waals surface area contributed by atoms with Gasteiger partial charge in [-0.25, -0.2) is 0 Å². The summed E-state index contributed by atoms with van der Waals surface area (Å²) in [6.45, 7) is 9.72. The molecule has 1 aliphatic rings. The third kappa shape index (κ3) is 5.82. The fraction of sp³-hybridized carbons (Fsp3) is 0.632. The van der Waals surface area contributed by atoms with Crippen molar-refractivity contribution in [3.05, 3.63) is 35.9 Å². The van der Waals surface area contributed by atoms with E-state index in [0.717, 1.165) is 25.8 Å². The maximum atomic E-state index is 12.4. The van der Waals surface area contributed by atoms with Crippen LogP contribution < -0.4 is 10.6 Å². The van der Waals surface area contributed by atoms with Gasteiger partial charge in [-0.1, -0.05) is 44.2 Å². The normalized spacial score (nSPS) is 22.8. The molecule has 3 atom stereocenters. The van der Waals surface area contributed by atoms with E-state index in [-0.39, 0.29) is 35.7 Å². The van der Waals surface area contributed by atoms with Crippen LogP contribution in [0.5, 0.6) is 0 Å². The molecule has 0 radical (unpaired) electrons. The minimum Gasteiger partial charge on any atom is -0.353 e. The van der Waals surface area contributed by atoms with Gasteiger partial charge in [-0.05, 0) is 50.6 Å². The second-order valence-corrected chi connectivity index (χ2v) is 7.44. The van der Waals surface area contributed by atoms with Crippen molar-refractivity contribution in [1.82, 2.24) is 10.6 Å². The van der Waals surface area contributed by atoms with Gasteiger partial charge in [0.2, 0.25) is 5.91 Å².